The van der Waals surface area contributed by atoms with E-state index in [9.17, 15) is 0 Å². The Morgan fingerprint density at radius 3 is 2.74 bits per heavy atom. The summed E-state index contributed by atoms with van der Waals surface area (Å²) in [6.45, 7) is 0. The molecule has 3 rings (SSSR count). The highest BCUT2D eigenvalue weighted by Crippen LogP contribution is 2.35. The average molecular weight is 307 g/mol. The van der Waals surface area contributed by atoms with Crippen molar-refractivity contribution >= 4 is 44.6 Å². The van der Waals surface area contributed by atoms with Crippen LogP contribution in [-0.2, 0) is 6.42 Å². The highest BCUT2D eigenvalue weighted by molar-refractivity contribution is 7.17. The lowest BCUT2D eigenvalue weighted by Crippen LogP contribution is -1.94. The van der Waals surface area contributed by atoms with E-state index in [1.54, 1.807) is 11.3 Å². The number of benzene rings is 2. The fraction of sp³-hybridized carbons (Fsp3) is 0.125. The summed E-state index contributed by atoms with van der Waals surface area (Å²) in [6.07, 6.45) is 0.794. The summed E-state index contributed by atoms with van der Waals surface area (Å²) in [5, 5.41) is 4.16. The SMILES string of the molecule is Clc1cccc(CC(Cl)c2csc3ccccc23)c1. The standard InChI is InChI=1S/C16H12Cl2S/c17-12-5-3-4-11(8-12)9-15(18)14-10-19-16-7-2-1-6-13(14)16/h1-8,10,15H,9H2. The van der Waals surface area contributed by atoms with Gasteiger partial charge in [0.25, 0.3) is 0 Å². The van der Waals surface area contributed by atoms with Gasteiger partial charge in [-0.2, -0.15) is 0 Å². The molecule has 0 radical (unpaired) electrons. The Morgan fingerprint density at radius 2 is 1.89 bits per heavy atom. The first-order valence-electron chi connectivity index (χ1n) is 6.08. The molecule has 0 amide bonds. The van der Waals surface area contributed by atoms with E-state index in [0.29, 0.717) is 0 Å². The topological polar surface area (TPSA) is 0 Å². The van der Waals surface area contributed by atoms with Gasteiger partial charge >= 0.3 is 0 Å². The molecule has 1 unspecified atom stereocenters. The van der Waals surface area contributed by atoms with E-state index in [1.807, 2.05) is 18.2 Å². The first-order valence-corrected chi connectivity index (χ1v) is 7.78. The van der Waals surface area contributed by atoms with Gasteiger partial charge in [-0.3, -0.25) is 0 Å². The lowest BCUT2D eigenvalue weighted by molar-refractivity contribution is 0.932. The highest BCUT2D eigenvalue weighted by atomic mass is 35.5. The second kappa shape index (κ2) is 5.54. The number of fused-ring (bicyclic) bond motifs is 1. The zero-order chi connectivity index (χ0) is 13.2. The van der Waals surface area contributed by atoms with Gasteiger partial charge in [0, 0.05) is 9.72 Å². The van der Waals surface area contributed by atoms with Crippen LogP contribution in [0.15, 0.2) is 53.9 Å². The van der Waals surface area contributed by atoms with Gasteiger partial charge in [-0.15, -0.1) is 22.9 Å². The molecule has 3 aromatic rings. The van der Waals surface area contributed by atoms with Gasteiger partial charge in [0.05, 0.1) is 5.38 Å². The number of halogens is 2. The summed E-state index contributed by atoms with van der Waals surface area (Å²) in [4.78, 5) is 0. The van der Waals surface area contributed by atoms with Crippen LogP contribution in [0.2, 0.25) is 5.02 Å². The van der Waals surface area contributed by atoms with Crippen LogP contribution in [-0.4, -0.2) is 0 Å². The lowest BCUT2D eigenvalue weighted by Gasteiger charge is -2.09. The van der Waals surface area contributed by atoms with Crippen LogP contribution in [0, 0.1) is 0 Å². The van der Waals surface area contributed by atoms with E-state index >= 15 is 0 Å². The lowest BCUT2D eigenvalue weighted by atomic mass is 10.0. The number of hydrogen-bond acceptors (Lipinski definition) is 1. The maximum Gasteiger partial charge on any atom is 0.0639 e. The summed E-state index contributed by atoms with van der Waals surface area (Å²) in [6, 6.07) is 16.3. The molecular weight excluding hydrogens is 295 g/mol. The Bertz CT molecular complexity index is 703. The molecule has 96 valence electrons. The van der Waals surface area contributed by atoms with Gasteiger partial charge in [0.15, 0.2) is 0 Å². The molecule has 2 aromatic carbocycles. The molecule has 0 nitrogen and oxygen atoms in total. The molecule has 1 heterocycles. The van der Waals surface area contributed by atoms with E-state index in [-0.39, 0.29) is 5.38 Å². The third-order valence-electron chi connectivity index (χ3n) is 3.15. The molecule has 3 heteroatoms. The Labute approximate surface area is 126 Å². The van der Waals surface area contributed by atoms with Crippen molar-refractivity contribution in [3.8, 4) is 0 Å². The maximum absolute atomic E-state index is 6.58. The molecule has 0 bridgehead atoms. The Hall–Kier alpha value is -1.02. The summed E-state index contributed by atoms with van der Waals surface area (Å²) >= 11 is 14.3. The van der Waals surface area contributed by atoms with Crippen LogP contribution in [0.25, 0.3) is 10.1 Å². The molecule has 19 heavy (non-hydrogen) atoms. The molecule has 0 aliphatic carbocycles. The van der Waals surface area contributed by atoms with Gasteiger partial charge in [0.1, 0.15) is 0 Å². The van der Waals surface area contributed by atoms with E-state index in [1.165, 1.54) is 21.2 Å². The van der Waals surface area contributed by atoms with Gasteiger partial charge in [-0.05, 0) is 46.5 Å². The normalized spacial score (nSPS) is 12.7. The quantitative estimate of drug-likeness (QED) is 0.515. The second-order valence-electron chi connectivity index (χ2n) is 4.49. The predicted octanol–water partition coefficient (Wildman–Crippen LogP) is 6.08. The average Bonchev–Trinajstić information content (AvgIpc) is 2.82. The predicted molar refractivity (Wildman–Crippen MR) is 85.6 cm³/mol. The third-order valence-corrected chi connectivity index (χ3v) is 4.76. The van der Waals surface area contributed by atoms with Gasteiger partial charge < -0.3 is 0 Å². The smallest absolute Gasteiger partial charge is 0.0639 e. The van der Waals surface area contributed by atoms with Gasteiger partial charge in [-0.25, -0.2) is 0 Å². The van der Waals surface area contributed by atoms with Crippen molar-refractivity contribution in [2.45, 2.75) is 11.8 Å². The summed E-state index contributed by atoms with van der Waals surface area (Å²) in [5.41, 5.74) is 2.38. The molecular formula is C16H12Cl2S. The fourth-order valence-electron chi connectivity index (χ4n) is 2.22. The van der Waals surface area contributed by atoms with Crippen LogP contribution in [0.4, 0.5) is 0 Å². The van der Waals surface area contributed by atoms with Gasteiger partial charge in [-0.1, -0.05) is 41.9 Å². The third kappa shape index (κ3) is 2.79. The molecule has 0 saturated heterocycles. The largest absolute Gasteiger partial charge is 0.143 e. The summed E-state index contributed by atoms with van der Waals surface area (Å²) in [7, 11) is 0. The van der Waals surface area contributed by atoms with Crippen molar-refractivity contribution in [3.63, 3.8) is 0 Å². The van der Waals surface area contributed by atoms with Crippen molar-refractivity contribution in [3.05, 3.63) is 70.1 Å². The van der Waals surface area contributed by atoms with Gasteiger partial charge in [0.2, 0.25) is 0 Å². The van der Waals surface area contributed by atoms with E-state index in [2.05, 4.69) is 35.7 Å². The first-order chi connectivity index (χ1) is 9.24. The molecule has 1 aromatic heterocycles. The van der Waals surface area contributed by atoms with Crippen molar-refractivity contribution in [1.82, 2.24) is 0 Å². The molecule has 0 saturated carbocycles. The summed E-state index contributed by atoms with van der Waals surface area (Å²) in [5.74, 6) is 0. The number of alkyl halides is 1. The van der Waals surface area contributed by atoms with Crippen LogP contribution >= 0.6 is 34.5 Å². The molecule has 0 N–H and O–H groups in total. The van der Waals surface area contributed by atoms with Crippen LogP contribution < -0.4 is 0 Å². The maximum atomic E-state index is 6.58. The molecule has 0 aliphatic rings. The van der Waals surface area contributed by atoms with E-state index in [4.69, 9.17) is 23.2 Å². The monoisotopic (exact) mass is 306 g/mol. The van der Waals surface area contributed by atoms with Crippen LogP contribution in [0.3, 0.4) is 0 Å². The molecule has 1 atom stereocenters. The number of hydrogen-bond donors (Lipinski definition) is 0. The number of thiophene rings is 1. The zero-order valence-electron chi connectivity index (χ0n) is 10.1. The molecule has 0 aliphatic heterocycles. The van der Waals surface area contributed by atoms with E-state index < -0.39 is 0 Å². The minimum atomic E-state index is -0.0189. The zero-order valence-corrected chi connectivity index (χ0v) is 12.5. The number of rotatable bonds is 3. The minimum absolute atomic E-state index is 0.0189. The summed E-state index contributed by atoms with van der Waals surface area (Å²) < 4.78 is 1.29. The Morgan fingerprint density at radius 1 is 1.05 bits per heavy atom. The van der Waals surface area contributed by atoms with Crippen molar-refractivity contribution in [2.75, 3.05) is 0 Å². The Kier molecular flexibility index (Phi) is 3.79. The van der Waals surface area contributed by atoms with Crippen molar-refractivity contribution in [2.24, 2.45) is 0 Å². The van der Waals surface area contributed by atoms with Crippen LogP contribution in [0.5, 0.6) is 0 Å². The van der Waals surface area contributed by atoms with Crippen molar-refractivity contribution in [1.29, 1.82) is 0 Å². The second-order valence-corrected chi connectivity index (χ2v) is 6.36. The van der Waals surface area contributed by atoms with Crippen molar-refractivity contribution < 1.29 is 0 Å². The first kappa shape index (κ1) is 13.0. The molecule has 0 spiro atoms. The fourth-order valence-corrected chi connectivity index (χ4v) is 3.88. The Balaban J connectivity index is 1.90. The van der Waals surface area contributed by atoms with Crippen LogP contribution in [0.1, 0.15) is 16.5 Å². The highest BCUT2D eigenvalue weighted by Gasteiger charge is 2.13. The minimum Gasteiger partial charge on any atom is -0.143 e. The molecule has 0 fully saturated rings. The van der Waals surface area contributed by atoms with E-state index in [0.717, 1.165) is 11.4 Å².